The van der Waals surface area contributed by atoms with E-state index in [0.717, 1.165) is 11.4 Å². The first-order valence-corrected chi connectivity index (χ1v) is 7.02. The molecule has 0 saturated heterocycles. The summed E-state index contributed by atoms with van der Waals surface area (Å²) in [5.74, 6) is -0.0816. The van der Waals surface area contributed by atoms with Gasteiger partial charge in [-0.2, -0.15) is 0 Å². The topological polar surface area (TPSA) is 62.3 Å². The van der Waals surface area contributed by atoms with Crippen molar-refractivity contribution in [1.29, 1.82) is 0 Å². The summed E-state index contributed by atoms with van der Waals surface area (Å²) in [5, 5.41) is 3.51. The number of ketones is 1. The quantitative estimate of drug-likeness (QED) is 0.863. The largest absolute Gasteiger partial charge is 0.323 e. The summed E-state index contributed by atoms with van der Waals surface area (Å²) in [6.07, 6.45) is 0. The molecule has 1 aromatic heterocycles. The first-order valence-electron chi connectivity index (χ1n) is 6.21. The molecule has 0 bridgehead atoms. The second-order valence-electron chi connectivity index (χ2n) is 4.62. The van der Waals surface area contributed by atoms with Crippen molar-refractivity contribution in [3.05, 3.63) is 34.8 Å². The van der Waals surface area contributed by atoms with Gasteiger partial charge in [0.1, 0.15) is 6.54 Å². The summed E-state index contributed by atoms with van der Waals surface area (Å²) in [6, 6.07) is 7.57. The van der Waals surface area contributed by atoms with E-state index in [1.54, 1.807) is 0 Å². The molecule has 1 N–H and O–H groups in total. The molecule has 2 aromatic rings. The van der Waals surface area contributed by atoms with E-state index >= 15 is 0 Å². The molecule has 20 heavy (non-hydrogen) atoms. The van der Waals surface area contributed by atoms with E-state index in [0.29, 0.717) is 15.7 Å². The Kier molecular flexibility index (Phi) is 3.02. The van der Waals surface area contributed by atoms with E-state index < -0.39 is 0 Å². The number of nitrogens with one attached hydrogen (secondary N) is 1. The van der Waals surface area contributed by atoms with Crippen LogP contribution >= 0.6 is 11.3 Å². The number of anilines is 3. The van der Waals surface area contributed by atoms with Crippen molar-refractivity contribution in [3.63, 3.8) is 0 Å². The maximum atomic E-state index is 11.8. The van der Waals surface area contributed by atoms with Crippen LogP contribution in [0.3, 0.4) is 0 Å². The highest BCUT2D eigenvalue weighted by Crippen LogP contribution is 2.37. The Labute approximate surface area is 120 Å². The van der Waals surface area contributed by atoms with Gasteiger partial charge < -0.3 is 10.2 Å². The standard InChI is InChI=1S/C14H13N3O2S/c1-8-13(9(2)18)20-14(15-8)17-7-12(19)16-10-5-3-4-6-11(10)17/h3-6H,7H2,1-2H3,(H,16,19). The lowest BCUT2D eigenvalue weighted by Crippen LogP contribution is -2.34. The number of hydrogen-bond acceptors (Lipinski definition) is 5. The highest BCUT2D eigenvalue weighted by atomic mass is 32.1. The molecule has 0 radical (unpaired) electrons. The zero-order valence-electron chi connectivity index (χ0n) is 11.1. The SMILES string of the molecule is CC(=O)c1sc(N2CC(=O)Nc3ccccc32)nc1C. The second-order valence-corrected chi connectivity index (χ2v) is 5.60. The molecule has 0 spiro atoms. The fraction of sp³-hybridized carbons (Fsp3) is 0.214. The molecule has 1 aliphatic heterocycles. The Morgan fingerprint density at radius 2 is 2.15 bits per heavy atom. The number of thiazole rings is 1. The van der Waals surface area contributed by atoms with E-state index in [4.69, 9.17) is 0 Å². The second kappa shape index (κ2) is 4.72. The minimum absolute atomic E-state index is 0.000922. The highest BCUT2D eigenvalue weighted by molar-refractivity contribution is 7.17. The summed E-state index contributed by atoms with van der Waals surface area (Å²) in [6.45, 7) is 3.55. The minimum atomic E-state index is -0.0825. The first kappa shape index (κ1) is 12.8. The molecule has 0 unspecified atom stereocenters. The van der Waals surface area contributed by atoms with Gasteiger partial charge in [-0.25, -0.2) is 4.98 Å². The molecule has 102 valence electrons. The van der Waals surface area contributed by atoms with Crippen molar-refractivity contribution in [2.45, 2.75) is 13.8 Å². The van der Waals surface area contributed by atoms with Crippen molar-refractivity contribution >= 4 is 39.5 Å². The molecular weight excluding hydrogens is 274 g/mol. The van der Waals surface area contributed by atoms with Gasteiger partial charge in [0.05, 0.1) is 21.9 Å². The Morgan fingerprint density at radius 1 is 1.40 bits per heavy atom. The Bertz CT molecular complexity index is 708. The number of carbonyl (C=O) groups is 2. The molecule has 3 rings (SSSR count). The van der Waals surface area contributed by atoms with Gasteiger partial charge in [0.15, 0.2) is 10.9 Å². The summed E-state index contributed by atoms with van der Waals surface area (Å²) in [5.41, 5.74) is 2.37. The number of carbonyl (C=O) groups excluding carboxylic acids is 2. The van der Waals surface area contributed by atoms with E-state index in [2.05, 4.69) is 10.3 Å². The predicted molar refractivity (Wildman–Crippen MR) is 78.9 cm³/mol. The van der Waals surface area contributed by atoms with Crippen LogP contribution in [0.5, 0.6) is 0 Å². The number of aryl methyl sites for hydroxylation is 1. The molecule has 1 amide bonds. The van der Waals surface area contributed by atoms with Crippen molar-refractivity contribution in [2.24, 2.45) is 0 Å². The van der Waals surface area contributed by atoms with Gasteiger partial charge in [-0.05, 0) is 19.1 Å². The highest BCUT2D eigenvalue weighted by Gasteiger charge is 2.26. The average Bonchev–Trinajstić information content (AvgIpc) is 2.80. The van der Waals surface area contributed by atoms with Crippen molar-refractivity contribution in [2.75, 3.05) is 16.8 Å². The smallest absolute Gasteiger partial charge is 0.244 e. The molecule has 1 aromatic carbocycles. The first-order chi connectivity index (χ1) is 9.56. The number of nitrogens with zero attached hydrogens (tertiary/aromatic N) is 2. The number of aromatic nitrogens is 1. The molecule has 5 nitrogen and oxygen atoms in total. The summed E-state index contributed by atoms with van der Waals surface area (Å²) in [7, 11) is 0. The Hall–Kier alpha value is -2.21. The van der Waals surface area contributed by atoms with Crippen LogP contribution in [0.25, 0.3) is 0 Å². The van der Waals surface area contributed by atoms with Crippen LogP contribution in [0.1, 0.15) is 22.3 Å². The van der Waals surface area contributed by atoms with Gasteiger partial charge in [-0.1, -0.05) is 23.5 Å². The number of Topliss-reactive ketones (excluding diaryl/α,β-unsaturated/α-hetero) is 1. The van der Waals surface area contributed by atoms with Gasteiger partial charge in [-0.15, -0.1) is 0 Å². The monoisotopic (exact) mass is 287 g/mol. The van der Waals surface area contributed by atoms with Crippen LogP contribution < -0.4 is 10.2 Å². The maximum absolute atomic E-state index is 11.8. The minimum Gasteiger partial charge on any atom is -0.323 e. The molecule has 6 heteroatoms. The van der Waals surface area contributed by atoms with Gasteiger partial charge in [-0.3, -0.25) is 9.59 Å². The summed E-state index contributed by atoms with van der Waals surface area (Å²) < 4.78 is 0. The van der Waals surface area contributed by atoms with E-state index in [1.807, 2.05) is 36.1 Å². The van der Waals surface area contributed by atoms with Crippen molar-refractivity contribution in [3.8, 4) is 0 Å². The molecule has 1 aliphatic rings. The van der Waals surface area contributed by atoms with Crippen LogP contribution in [-0.4, -0.2) is 23.2 Å². The van der Waals surface area contributed by atoms with E-state index in [-0.39, 0.29) is 18.2 Å². The summed E-state index contributed by atoms with van der Waals surface area (Å²) >= 11 is 1.33. The van der Waals surface area contributed by atoms with Gasteiger partial charge in [0.25, 0.3) is 0 Å². The van der Waals surface area contributed by atoms with Gasteiger partial charge in [0, 0.05) is 6.92 Å². The third-order valence-electron chi connectivity index (χ3n) is 3.11. The lowest BCUT2D eigenvalue weighted by Gasteiger charge is -2.28. The van der Waals surface area contributed by atoms with Crippen LogP contribution in [0.15, 0.2) is 24.3 Å². The van der Waals surface area contributed by atoms with Crippen LogP contribution in [-0.2, 0) is 4.79 Å². The number of rotatable bonds is 2. The van der Waals surface area contributed by atoms with Crippen molar-refractivity contribution in [1.82, 2.24) is 4.98 Å². The van der Waals surface area contributed by atoms with E-state index in [1.165, 1.54) is 18.3 Å². The van der Waals surface area contributed by atoms with E-state index in [9.17, 15) is 9.59 Å². The molecule has 0 saturated carbocycles. The third kappa shape index (κ3) is 2.08. The maximum Gasteiger partial charge on any atom is 0.244 e. The number of benzene rings is 1. The fourth-order valence-corrected chi connectivity index (χ4v) is 3.20. The van der Waals surface area contributed by atoms with Gasteiger partial charge >= 0.3 is 0 Å². The summed E-state index contributed by atoms with van der Waals surface area (Å²) in [4.78, 5) is 30.3. The van der Waals surface area contributed by atoms with Crippen LogP contribution in [0.4, 0.5) is 16.5 Å². The van der Waals surface area contributed by atoms with Crippen molar-refractivity contribution < 1.29 is 9.59 Å². The molecular formula is C14H13N3O2S. The van der Waals surface area contributed by atoms with Crippen LogP contribution in [0, 0.1) is 6.92 Å². The third-order valence-corrected chi connectivity index (χ3v) is 4.39. The molecule has 0 aliphatic carbocycles. The Balaban J connectivity index is 2.08. The Morgan fingerprint density at radius 3 is 2.85 bits per heavy atom. The predicted octanol–water partition coefficient (Wildman–Crippen LogP) is 2.74. The molecule has 0 atom stereocenters. The zero-order valence-corrected chi connectivity index (χ0v) is 12.0. The lowest BCUT2D eigenvalue weighted by molar-refractivity contribution is -0.115. The molecule has 0 fully saturated rings. The molecule has 2 heterocycles. The van der Waals surface area contributed by atoms with Gasteiger partial charge in [0.2, 0.25) is 5.91 Å². The fourth-order valence-electron chi connectivity index (χ4n) is 2.23. The number of amides is 1. The lowest BCUT2D eigenvalue weighted by atomic mass is 10.2. The normalized spacial score (nSPS) is 13.9. The van der Waals surface area contributed by atoms with Crippen LogP contribution in [0.2, 0.25) is 0 Å². The number of hydrogen-bond donors (Lipinski definition) is 1. The zero-order chi connectivity index (χ0) is 14.3. The number of fused-ring (bicyclic) bond motifs is 1. The number of para-hydroxylation sites is 2. The average molecular weight is 287 g/mol.